The van der Waals surface area contributed by atoms with Gasteiger partial charge in [0, 0.05) is 12.1 Å². The highest BCUT2D eigenvalue weighted by Gasteiger charge is 2.12. The van der Waals surface area contributed by atoms with Crippen LogP contribution >= 0.6 is 24.8 Å². The Morgan fingerprint density at radius 1 is 1.00 bits per heavy atom. The number of rotatable bonds is 17. The first-order valence-electron chi connectivity index (χ1n) is 11.1. The van der Waals surface area contributed by atoms with E-state index in [2.05, 4.69) is 42.8 Å². The number of benzene rings is 1. The van der Waals surface area contributed by atoms with Crippen LogP contribution in [0.3, 0.4) is 0 Å². The molecule has 1 aromatic rings. The Labute approximate surface area is 197 Å². The van der Waals surface area contributed by atoms with E-state index < -0.39 is 0 Å². The number of nitrogens with one attached hydrogen (secondary N) is 1. The van der Waals surface area contributed by atoms with Gasteiger partial charge in [-0.3, -0.25) is 0 Å². The second-order valence-electron chi connectivity index (χ2n) is 7.29. The zero-order chi connectivity index (χ0) is 20.6. The fourth-order valence-corrected chi connectivity index (χ4v) is 3.35. The van der Waals surface area contributed by atoms with Crippen molar-refractivity contribution in [2.24, 2.45) is 0 Å². The predicted molar refractivity (Wildman–Crippen MR) is 135 cm³/mol. The maximum absolute atomic E-state index is 5.80. The van der Waals surface area contributed by atoms with E-state index in [0.29, 0.717) is 6.61 Å². The molecule has 4 nitrogen and oxygen atoms in total. The Kier molecular flexibility index (Phi) is 20.8. The predicted octanol–water partition coefficient (Wildman–Crippen LogP) is 6.05. The Morgan fingerprint density at radius 3 is 2.17 bits per heavy atom. The van der Waals surface area contributed by atoms with Gasteiger partial charge in [0.05, 0.1) is 13.7 Å². The fraction of sp³-hybridized carbons (Fsp3) is 0.667. The van der Waals surface area contributed by atoms with Crippen molar-refractivity contribution >= 4 is 24.8 Å². The molecular formula is C24H44Cl2N2O2. The Balaban J connectivity index is 0. The van der Waals surface area contributed by atoms with Crippen LogP contribution in [-0.4, -0.2) is 44.8 Å². The van der Waals surface area contributed by atoms with Gasteiger partial charge in [-0.25, -0.2) is 0 Å². The lowest BCUT2D eigenvalue weighted by molar-refractivity contribution is 0.261. The molecule has 0 aliphatic rings. The molecule has 0 spiro atoms. The molecule has 1 rings (SSSR count). The molecule has 176 valence electrons. The normalized spacial score (nSPS) is 10.3. The molecule has 0 heterocycles. The van der Waals surface area contributed by atoms with Crippen molar-refractivity contribution in [3.05, 3.63) is 35.9 Å². The SMILES string of the molecule is C=CCc1cc(CNCCCN(CCCC)CCCC)cc(OC)c1OCC.Cl.Cl. The van der Waals surface area contributed by atoms with Gasteiger partial charge in [0.1, 0.15) is 0 Å². The van der Waals surface area contributed by atoms with Gasteiger partial charge in [0.2, 0.25) is 0 Å². The van der Waals surface area contributed by atoms with E-state index in [-0.39, 0.29) is 24.8 Å². The summed E-state index contributed by atoms with van der Waals surface area (Å²) in [5.41, 5.74) is 2.37. The summed E-state index contributed by atoms with van der Waals surface area (Å²) < 4.78 is 11.4. The van der Waals surface area contributed by atoms with Crippen LogP contribution in [0.5, 0.6) is 11.5 Å². The van der Waals surface area contributed by atoms with Crippen LogP contribution in [0.2, 0.25) is 0 Å². The minimum atomic E-state index is 0. The lowest BCUT2D eigenvalue weighted by atomic mass is 10.1. The van der Waals surface area contributed by atoms with E-state index in [0.717, 1.165) is 36.6 Å². The van der Waals surface area contributed by atoms with Crippen LogP contribution in [0.15, 0.2) is 24.8 Å². The molecule has 0 saturated heterocycles. The van der Waals surface area contributed by atoms with Gasteiger partial charge in [-0.1, -0.05) is 38.8 Å². The summed E-state index contributed by atoms with van der Waals surface area (Å²) in [6, 6.07) is 4.29. The molecule has 30 heavy (non-hydrogen) atoms. The van der Waals surface area contributed by atoms with E-state index in [1.165, 1.54) is 57.3 Å². The molecule has 0 amide bonds. The van der Waals surface area contributed by atoms with Gasteiger partial charge >= 0.3 is 0 Å². The van der Waals surface area contributed by atoms with Gasteiger partial charge in [-0.15, -0.1) is 31.4 Å². The van der Waals surface area contributed by atoms with Crippen molar-refractivity contribution < 1.29 is 9.47 Å². The van der Waals surface area contributed by atoms with Crippen molar-refractivity contribution in [2.45, 2.75) is 65.8 Å². The van der Waals surface area contributed by atoms with Crippen LogP contribution in [0.4, 0.5) is 0 Å². The third-order valence-corrected chi connectivity index (χ3v) is 4.88. The second kappa shape index (κ2) is 20.0. The third-order valence-electron chi connectivity index (χ3n) is 4.88. The van der Waals surface area contributed by atoms with Crippen molar-refractivity contribution in [3.8, 4) is 11.5 Å². The van der Waals surface area contributed by atoms with E-state index in [1.807, 2.05) is 13.0 Å². The standard InChI is InChI=1S/C24H42N2O2.2ClH/c1-6-10-15-26(16-11-7-2)17-12-14-25-20-21-18-22(13-8-3)24(28-9-4)23(19-21)27-5;;/h8,18-19,25H,3,6-7,9-17,20H2,1-2,4-5H3;2*1H. The zero-order valence-corrected chi connectivity index (χ0v) is 21.1. The molecule has 0 atom stereocenters. The minimum absolute atomic E-state index is 0. The van der Waals surface area contributed by atoms with E-state index in [4.69, 9.17) is 9.47 Å². The van der Waals surface area contributed by atoms with Gasteiger partial charge in [-0.05, 0) is 70.4 Å². The van der Waals surface area contributed by atoms with E-state index in [1.54, 1.807) is 7.11 Å². The summed E-state index contributed by atoms with van der Waals surface area (Å²) in [4.78, 5) is 2.62. The first-order valence-corrected chi connectivity index (χ1v) is 11.1. The van der Waals surface area contributed by atoms with Crippen molar-refractivity contribution in [1.82, 2.24) is 10.2 Å². The molecule has 0 bridgehead atoms. The maximum Gasteiger partial charge on any atom is 0.164 e. The minimum Gasteiger partial charge on any atom is -0.493 e. The molecule has 0 aliphatic carbocycles. The molecule has 1 aromatic carbocycles. The molecule has 0 radical (unpaired) electrons. The highest BCUT2D eigenvalue weighted by molar-refractivity contribution is 5.85. The van der Waals surface area contributed by atoms with Crippen molar-refractivity contribution in [2.75, 3.05) is 39.9 Å². The number of ether oxygens (including phenoxy) is 2. The molecular weight excluding hydrogens is 419 g/mol. The topological polar surface area (TPSA) is 33.7 Å². The molecule has 0 aromatic heterocycles. The Bertz CT molecular complexity index is 548. The number of nitrogens with zero attached hydrogens (tertiary/aromatic N) is 1. The monoisotopic (exact) mass is 462 g/mol. The number of allylic oxidation sites excluding steroid dienone is 1. The molecule has 0 unspecified atom stereocenters. The lowest BCUT2D eigenvalue weighted by Gasteiger charge is -2.22. The third kappa shape index (κ3) is 12.0. The zero-order valence-electron chi connectivity index (χ0n) is 19.5. The number of methoxy groups -OCH3 is 1. The van der Waals surface area contributed by atoms with Gasteiger partial charge in [-0.2, -0.15) is 0 Å². The van der Waals surface area contributed by atoms with E-state index >= 15 is 0 Å². The average Bonchev–Trinajstić information content (AvgIpc) is 2.70. The molecule has 6 heteroatoms. The van der Waals surface area contributed by atoms with Crippen LogP contribution in [0.25, 0.3) is 0 Å². The first-order chi connectivity index (χ1) is 13.7. The number of hydrogen-bond donors (Lipinski definition) is 1. The Hall–Kier alpha value is -0.940. The lowest BCUT2D eigenvalue weighted by Crippen LogP contribution is -2.29. The summed E-state index contributed by atoms with van der Waals surface area (Å²) in [6.07, 6.45) is 9.02. The summed E-state index contributed by atoms with van der Waals surface area (Å²) in [5.74, 6) is 1.65. The number of halogens is 2. The van der Waals surface area contributed by atoms with Gasteiger partial charge in [0.15, 0.2) is 11.5 Å². The van der Waals surface area contributed by atoms with Crippen molar-refractivity contribution in [1.29, 1.82) is 0 Å². The van der Waals surface area contributed by atoms with Gasteiger partial charge in [0.25, 0.3) is 0 Å². The largest absolute Gasteiger partial charge is 0.493 e. The highest BCUT2D eigenvalue weighted by Crippen LogP contribution is 2.33. The van der Waals surface area contributed by atoms with Crippen LogP contribution in [0, 0.1) is 0 Å². The second-order valence-corrected chi connectivity index (χ2v) is 7.29. The summed E-state index contributed by atoms with van der Waals surface area (Å²) in [6.45, 7) is 16.6. The van der Waals surface area contributed by atoms with E-state index in [9.17, 15) is 0 Å². The highest BCUT2D eigenvalue weighted by atomic mass is 35.5. The maximum atomic E-state index is 5.80. The molecule has 0 fully saturated rings. The molecule has 0 aliphatic heterocycles. The molecule has 0 saturated carbocycles. The summed E-state index contributed by atoms with van der Waals surface area (Å²) in [7, 11) is 1.70. The summed E-state index contributed by atoms with van der Waals surface area (Å²) in [5, 5.41) is 3.59. The van der Waals surface area contributed by atoms with Crippen LogP contribution < -0.4 is 14.8 Å². The smallest absolute Gasteiger partial charge is 0.164 e. The van der Waals surface area contributed by atoms with Crippen LogP contribution in [0.1, 0.15) is 64.0 Å². The Morgan fingerprint density at radius 2 is 1.63 bits per heavy atom. The average molecular weight is 464 g/mol. The number of hydrogen-bond acceptors (Lipinski definition) is 4. The summed E-state index contributed by atoms with van der Waals surface area (Å²) >= 11 is 0. The van der Waals surface area contributed by atoms with Crippen LogP contribution in [-0.2, 0) is 13.0 Å². The molecule has 1 N–H and O–H groups in total. The number of unbranched alkanes of at least 4 members (excludes halogenated alkanes) is 2. The quantitative estimate of drug-likeness (QED) is 0.225. The van der Waals surface area contributed by atoms with Gasteiger partial charge < -0.3 is 19.7 Å². The van der Waals surface area contributed by atoms with Crippen molar-refractivity contribution in [3.63, 3.8) is 0 Å². The first kappa shape index (κ1) is 31.2. The fourth-order valence-electron chi connectivity index (χ4n) is 3.35.